The summed E-state index contributed by atoms with van der Waals surface area (Å²) in [5, 5.41) is 3.59. The Balaban J connectivity index is 1.31. The fraction of sp³-hybridized carbons (Fsp3) is 0.370. The van der Waals surface area contributed by atoms with Crippen LogP contribution in [-0.2, 0) is 6.54 Å². The molecule has 1 aromatic carbocycles. The van der Waals surface area contributed by atoms with Gasteiger partial charge in [-0.05, 0) is 56.7 Å². The maximum Gasteiger partial charge on any atom is 0.334 e. The molecule has 0 spiro atoms. The third kappa shape index (κ3) is 5.09. The number of anilines is 1. The van der Waals surface area contributed by atoms with E-state index in [0.717, 1.165) is 42.5 Å². The molecule has 1 saturated carbocycles. The van der Waals surface area contributed by atoms with E-state index in [1.807, 2.05) is 47.8 Å². The second-order valence-electron chi connectivity index (χ2n) is 9.82. The normalized spacial score (nSPS) is 17.6. The number of hydrogen-bond acceptors (Lipinski definition) is 6. The van der Waals surface area contributed by atoms with E-state index in [0.29, 0.717) is 34.6 Å². The van der Waals surface area contributed by atoms with Gasteiger partial charge in [-0.1, -0.05) is 23.7 Å². The van der Waals surface area contributed by atoms with E-state index in [1.165, 1.54) is 0 Å². The van der Waals surface area contributed by atoms with Crippen LogP contribution in [-0.4, -0.2) is 50.1 Å². The number of carbonyl (C=O) groups is 1. The van der Waals surface area contributed by atoms with E-state index < -0.39 is 0 Å². The number of amides is 1. The Bertz CT molecular complexity index is 1490. The number of pyridine rings is 1. The minimum Gasteiger partial charge on any atom is -0.361 e. The summed E-state index contributed by atoms with van der Waals surface area (Å²) in [6.07, 6.45) is 8.40. The topological polar surface area (TPSA) is 97.9 Å². The summed E-state index contributed by atoms with van der Waals surface area (Å²) < 4.78 is 3.48. The van der Waals surface area contributed by atoms with Crippen LogP contribution >= 0.6 is 11.6 Å². The second-order valence-corrected chi connectivity index (χ2v) is 10.3. The van der Waals surface area contributed by atoms with E-state index in [-0.39, 0.29) is 17.6 Å². The molecule has 1 amide bonds. The first kappa shape index (κ1) is 25.0. The highest BCUT2D eigenvalue weighted by molar-refractivity contribution is 6.30. The predicted octanol–water partition coefficient (Wildman–Crippen LogP) is 3.99. The van der Waals surface area contributed by atoms with Crippen molar-refractivity contribution in [1.29, 1.82) is 0 Å². The Kier molecular flexibility index (Phi) is 6.97. The Labute approximate surface area is 220 Å². The van der Waals surface area contributed by atoms with Gasteiger partial charge in [-0.2, -0.15) is 0 Å². The van der Waals surface area contributed by atoms with E-state index in [4.69, 9.17) is 11.6 Å². The standard InChI is InChI=1S/C27H30ClN7O2/c1-17-21(12-19(28)13-29-17)26(36)32-20-10-8-18(9-11-20)16-34-22-6-4-5-7-23(22)35(27(34)37)25-15-30-24(14-31-25)33(2)3/h4-7,12-15,18,20H,8-11,16H2,1-3H3,(H,32,36)/t18-,20-. The zero-order valence-corrected chi connectivity index (χ0v) is 21.9. The van der Waals surface area contributed by atoms with Gasteiger partial charge in [-0.15, -0.1) is 0 Å². The minimum atomic E-state index is -0.142. The highest BCUT2D eigenvalue weighted by Gasteiger charge is 2.26. The lowest BCUT2D eigenvalue weighted by atomic mass is 9.85. The summed E-state index contributed by atoms with van der Waals surface area (Å²) in [5.74, 6) is 1.42. The van der Waals surface area contributed by atoms with Crippen molar-refractivity contribution in [3.63, 3.8) is 0 Å². The zero-order chi connectivity index (χ0) is 26.1. The number of nitrogens with one attached hydrogen (secondary N) is 1. The molecule has 0 atom stereocenters. The van der Waals surface area contributed by atoms with Gasteiger partial charge in [0.05, 0.1) is 39.7 Å². The molecular weight excluding hydrogens is 490 g/mol. The van der Waals surface area contributed by atoms with Crippen molar-refractivity contribution >= 4 is 34.4 Å². The van der Waals surface area contributed by atoms with Crippen LogP contribution in [0.25, 0.3) is 16.9 Å². The largest absolute Gasteiger partial charge is 0.361 e. The molecule has 1 fully saturated rings. The molecule has 3 aromatic heterocycles. The highest BCUT2D eigenvalue weighted by atomic mass is 35.5. The van der Waals surface area contributed by atoms with Crippen LogP contribution in [0.2, 0.25) is 5.02 Å². The van der Waals surface area contributed by atoms with Crippen molar-refractivity contribution in [1.82, 2.24) is 29.4 Å². The fourth-order valence-corrected chi connectivity index (χ4v) is 5.17. The maximum absolute atomic E-state index is 13.6. The van der Waals surface area contributed by atoms with Crippen LogP contribution in [0.5, 0.6) is 0 Å². The van der Waals surface area contributed by atoms with Crippen molar-refractivity contribution < 1.29 is 4.79 Å². The van der Waals surface area contributed by atoms with E-state index >= 15 is 0 Å². The van der Waals surface area contributed by atoms with Gasteiger partial charge >= 0.3 is 5.69 Å². The van der Waals surface area contributed by atoms with Crippen molar-refractivity contribution in [2.75, 3.05) is 19.0 Å². The number of hydrogen-bond donors (Lipinski definition) is 1. The van der Waals surface area contributed by atoms with Crippen molar-refractivity contribution in [3.05, 3.63) is 75.7 Å². The molecule has 192 valence electrons. The van der Waals surface area contributed by atoms with Gasteiger partial charge in [0.2, 0.25) is 0 Å². The molecule has 0 unspecified atom stereocenters. The molecule has 1 aliphatic rings. The van der Waals surface area contributed by atoms with Crippen LogP contribution in [0.15, 0.2) is 53.7 Å². The predicted molar refractivity (Wildman–Crippen MR) is 145 cm³/mol. The molecular formula is C27H30ClN7O2. The molecule has 0 aliphatic heterocycles. The molecule has 1 N–H and O–H groups in total. The number of aryl methyl sites for hydroxylation is 1. The Morgan fingerprint density at radius 3 is 2.46 bits per heavy atom. The molecule has 0 saturated heterocycles. The average molecular weight is 520 g/mol. The van der Waals surface area contributed by atoms with E-state index in [9.17, 15) is 9.59 Å². The molecule has 0 bridgehead atoms. The van der Waals surface area contributed by atoms with Crippen LogP contribution in [0, 0.1) is 12.8 Å². The lowest BCUT2D eigenvalue weighted by Gasteiger charge is -2.29. The van der Waals surface area contributed by atoms with Crippen LogP contribution < -0.4 is 15.9 Å². The Morgan fingerprint density at radius 2 is 1.78 bits per heavy atom. The van der Waals surface area contributed by atoms with Crippen LogP contribution in [0.1, 0.15) is 41.7 Å². The molecule has 9 nitrogen and oxygen atoms in total. The van der Waals surface area contributed by atoms with Crippen LogP contribution in [0.4, 0.5) is 5.82 Å². The SMILES string of the molecule is Cc1ncc(Cl)cc1C(=O)N[C@H]1CC[C@H](Cn2c(=O)n(-c3cnc(N(C)C)cn3)c3ccccc32)CC1. The van der Waals surface area contributed by atoms with Gasteiger partial charge in [0.15, 0.2) is 5.82 Å². The van der Waals surface area contributed by atoms with Gasteiger partial charge in [0.1, 0.15) is 5.82 Å². The first-order chi connectivity index (χ1) is 17.8. The lowest BCUT2D eigenvalue weighted by Crippen LogP contribution is -2.39. The molecule has 5 rings (SSSR count). The van der Waals surface area contributed by atoms with Crippen molar-refractivity contribution in [2.45, 2.75) is 45.2 Å². The Hall–Kier alpha value is -3.72. The quantitative estimate of drug-likeness (QED) is 0.413. The van der Waals surface area contributed by atoms with E-state index in [1.54, 1.807) is 36.1 Å². The van der Waals surface area contributed by atoms with E-state index in [2.05, 4.69) is 20.3 Å². The summed E-state index contributed by atoms with van der Waals surface area (Å²) in [4.78, 5) is 41.4. The van der Waals surface area contributed by atoms with Gasteiger partial charge in [0.25, 0.3) is 5.91 Å². The molecule has 4 aromatic rings. The molecule has 37 heavy (non-hydrogen) atoms. The number of carbonyl (C=O) groups excluding carboxylic acids is 1. The Morgan fingerprint density at radius 1 is 1.05 bits per heavy atom. The number of nitrogens with zero attached hydrogens (tertiary/aromatic N) is 6. The monoisotopic (exact) mass is 519 g/mol. The fourth-order valence-electron chi connectivity index (χ4n) is 5.02. The van der Waals surface area contributed by atoms with Crippen molar-refractivity contribution in [3.8, 4) is 5.82 Å². The zero-order valence-electron chi connectivity index (χ0n) is 21.2. The number of fused-ring (bicyclic) bond motifs is 1. The number of benzene rings is 1. The summed E-state index contributed by atoms with van der Waals surface area (Å²) in [5.41, 5.74) is 2.74. The maximum atomic E-state index is 13.6. The third-order valence-corrected chi connectivity index (χ3v) is 7.28. The van der Waals surface area contributed by atoms with Crippen molar-refractivity contribution in [2.24, 2.45) is 5.92 Å². The summed E-state index contributed by atoms with van der Waals surface area (Å²) in [6.45, 7) is 2.42. The van der Waals surface area contributed by atoms with Crippen LogP contribution in [0.3, 0.4) is 0 Å². The lowest BCUT2D eigenvalue weighted by molar-refractivity contribution is 0.0919. The minimum absolute atomic E-state index is 0.0886. The average Bonchev–Trinajstić information content (AvgIpc) is 3.17. The van der Waals surface area contributed by atoms with Gasteiger partial charge in [0, 0.05) is 32.9 Å². The molecule has 10 heteroatoms. The summed E-state index contributed by atoms with van der Waals surface area (Å²) >= 11 is 6.03. The van der Waals surface area contributed by atoms with Gasteiger partial charge in [-0.3, -0.25) is 14.3 Å². The summed E-state index contributed by atoms with van der Waals surface area (Å²) in [7, 11) is 3.80. The third-order valence-electron chi connectivity index (χ3n) is 7.07. The summed E-state index contributed by atoms with van der Waals surface area (Å²) in [6, 6.07) is 9.53. The number of imidazole rings is 1. The number of halogens is 1. The first-order valence-electron chi connectivity index (χ1n) is 12.4. The second kappa shape index (κ2) is 10.3. The number of aromatic nitrogens is 5. The first-order valence-corrected chi connectivity index (χ1v) is 12.8. The molecule has 3 heterocycles. The highest BCUT2D eigenvalue weighted by Crippen LogP contribution is 2.27. The van der Waals surface area contributed by atoms with Gasteiger partial charge in [-0.25, -0.2) is 19.3 Å². The molecule has 1 aliphatic carbocycles. The number of rotatable bonds is 6. The smallest absolute Gasteiger partial charge is 0.334 e. The van der Waals surface area contributed by atoms with Gasteiger partial charge < -0.3 is 10.2 Å². The number of para-hydroxylation sites is 2. The molecule has 0 radical (unpaired) electrons.